The zero-order valence-corrected chi connectivity index (χ0v) is 18.4. The van der Waals surface area contributed by atoms with Crippen LogP contribution in [-0.2, 0) is 22.7 Å². The molecule has 0 saturated carbocycles. The number of fused-ring (bicyclic) bond motifs is 1. The minimum absolute atomic E-state index is 0.0321. The van der Waals surface area contributed by atoms with E-state index in [4.69, 9.17) is 9.90 Å². The van der Waals surface area contributed by atoms with Gasteiger partial charge in [-0.2, -0.15) is 18.3 Å². The summed E-state index contributed by atoms with van der Waals surface area (Å²) in [4.78, 5) is 23.1. The van der Waals surface area contributed by atoms with Gasteiger partial charge in [-0.25, -0.2) is 4.79 Å². The molecule has 3 rings (SSSR count). The molecular formula is C22H29F3N4O3. The van der Waals surface area contributed by atoms with E-state index in [2.05, 4.69) is 57.3 Å². The highest BCUT2D eigenvalue weighted by Crippen LogP contribution is 2.24. The first kappa shape index (κ1) is 25.4. The molecule has 1 aliphatic heterocycles. The number of carboxylic acids is 1. The topological polar surface area (TPSA) is 87.5 Å². The Morgan fingerprint density at radius 1 is 1.22 bits per heavy atom. The van der Waals surface area contributed by atoms with Gasteiger partial charge in [0.2, 0.25) is 5.91 Å². The molecule has 7 nitrogen and oxygen atoms in total. The van der Waals surface area contributed by atoms with Gasteiger partial charge in [0, 0.05) is 38.3 Å². The highest BCUT2D eigenvalue weighted by molar-refractivity contribution is 5.77. The number of hydrogen-bond acceptors (Lipinski definition) is 4. The summed E-state index contributed by atoms with van der Waals surface area (Å²) in [6.45, 7) is 9.48. The van der Waals surface area contributed by atoms with Crippen LogP contribution in [0.1, 0.15) is 43.1 Å². The van der Waals surface area contributed by atoms with Crippen LogP contribution >= 0.6 is 0 Å². The normalized spacial score (nSPS) is 16.2. The molecule has 1 aromatic heterocycles. The standard InChI is InChI=1S/C20H28N4O.C2HF3O2/c1-15(2)20(25)21-10-8-18-13-23(14-19-9-11-22-24(18)19)12-17-6-4-16(3)5-7-17;3-2(4,5)1(6)7/h4-7,9,11,15,18H,8,10,12-14H2,1-3H3,(H,21,25);(H,6,7). The number of rotatable bonds is 6. The number of carbonyl (C=O) groups excluding carboxylic acids is 1. The molecule has 0 saturated heterocycles. The summed E-state index contributed by atoms with van der Waals surface area (Å²) in [5, 5.41) is 14.7. The Balaban J connectivity index is 0.000000451. The highest BCUT2D eigenvalue weighted by Gasteiger charge is 2.38. The number of carbonyl (C=O) groups is 2. The van der Waals surface area contributed by atoms with E-state index in [1.54, 1.807) is 0 Å². The van der Waals surface area contributed by atoms with Crippen molar-refractivity contribution in [2.24, 2.45) is 5.92 Å². The Morgan fingerprint density at radius 3 is 2.41 bits per heavy atom. The lowest BCUT2D eigenvalue weighted by atomic mass is 10.1. The summed E-state index contributed by atoms with van der Waals surface area (Å²) >= 11 is 0. The Labute approximate surface area is 185 Å². The molecule has 1 aliphatic rings. The van der Waals surface area contributed by atoms with E-state index in [1.807, 2.05) is 20.0 Å². The number of hydrogen-bond donors (Lipinski definition) is 2. The molecule has 1 amide bonds. The summed E-state index contributed by atoms with van der Waals surface area (Å²) in [5.74, 6) is -2.61. The van der Waals surface area contributed by atoms with E-state index in [0.717, 1.165) is 26.1 Å². The highest BCUT2D eigenvalue weighted by atomic mass is 19.4. The van der Waals surface area contributed by atoms with Crippen molar-refractivity contribution in [2.75, 3.05) is 13.1 Å². The average Bonchev–Trinajstić information content (AvgIpc) is 3.18. The van der Waals surface area contributed by atoms with Gasteiger partial charge in [0.15, 0.2) is 0 Å². The third-order valence-electron chi connectivity index (χ3n) is 5.02. The molecule has 0 bridgehead atoms. The van der Waals surface area contributed by atoms with Gasteiger partial charge in [-0.3, -0.25) is 14.4 Å². The molecular weight excluding hydrogens is 425 g/mol. The Hall–Kier alpha value is -2.88. The number of carboxylic acid groups (broad SMARTS) is 1. The number of nitrogens with one attached hydrogen (secondary N) is 1. The second-order valence-electron chi connectivity index (χ2n) is 8.11. The number of amides is 1. The molecule has 1 unspecified atom stereocenters. The fourth-order valence-electron chi connectivity index (χ4n) is 3.32. The van der Waals surface area contributed by atoms with Gasteiger partial charge in [0.1, 0.15) is 0 Å². The maximum Gasteiger partial charge on any atom is 0.490 e. The molecule has 0 fully saturated rings. The molecule has 2 aromatic rings. The van der Waals surface area contributed by atoms with Crippen molar-refractivity contribution in [2.45, 2.75) is 52.5 Å². The molecule has 2 N–H and O–H groups in total. The van der Waals surface area contributed by atoms with Crippen LogP contribution in [-0.4, -0.2) is 50.9 Å². The zero-order valence-electron chi connectivity index (χ0n) is 18.4. The van der Waals surface area contributed by atoms with E-state index in [-0.39, 0.29) is 11.8 Å². The Morgan fingerprint density at radius 2 is 1.84 bits per heavy atom. The van der Waals surface area contributed by atoms with Crippen molar-refractivity contribution in [3.05, 3.63) is 53.3 Å². The summed E-state index contributed by atoms with van der Waals surface area (Å²) in [6, 6.07) is 11.2. The van der Waals surface area contributed by atoms with Crippen LogP contribution in [0.5, 0.6) is 0 Å². The Bertz CT molecular complexity index is 895. The molecule has 32 heavy (non-hydrogen) atoms. The van der Waals surface area contributed by atoms with E-state index < -0.39 is 12.1 Å². The maximum absolute atomic E-state index is 11.8. The predicted octanol–water partition coefficient (Wildman–Crippen LogP) is 3.54. The van der Waals surface area contributed by atoms with E-state index in [9.17, 15) is 18.0 Å². The first-order valence-corrected chi connectivity index (χ1v) is 10.4. The van der Waals surface area contributed by atoms with Crippen LogP contribution in [0.2, 0.25) is 0 Å². The average molecular weight is 454 g/mol. The van der Waals surface area contributed by atoms with E-state index in [1.165, 1.54) is 16.8 Å². The molecule has 0 spiro atoms. The van der Waals surface area contributed by atoms with Crippen molar-refractivity contribution in [1.29, 1.82) is 0 Å². The SMILES string of the molecule is Cc1ccc(CN2Cc3ccnn3C(CCNC(=O)C(C)C)C2)cc1.O=C(O)C(F)(F)F. The molecule has 1 aromatic carbocycles. The van der Waals surface area contributed by atoms with E-state index in [0.29, 0.717) is 12.6 Å². The molecule has 0 radical (unpaired) electrons. The van der Waals surface area contributed by atoms with Gasteiger partial charge in [-0.05, 0) is 25.0 Å². The number of aromatic nitrogens is 2. The van der Waals surface area contributed by atoms with Gasteiger partial charge in [0.05, 0.1) is 11.7 Å². The van der Waals surface area contributed by atoms with Crippen LogP contribution in [0.3, 0.4) is 0 Å². The molecule has 176 valence electrons. The molecule has 0 aliphatic carbocycles. The predicted molar refractivity (Wildman–Crippen MR) is 113 cm³/mol. The number of alkyl halides is 3. The van der Waals surface area contributed by atoms with Gasteiger partial charge in [-0.1, -0.05) is 43.7 Å². The van der Waals surface area contributed by atoms with Crippen LogP contribution in [0.4, 0.5) is 13.2 Å². The summed E-state index contributed by atoms with van der Waals surface area (Å²) in [7, 11) is 0. The second kappa shape index (κ2) is 11.1. The second-order valence-corrected chi connectivity index (χ2v) is 8.11. The van der Waals surface area contributed by atoms with E-state index >= 15 is 0 Å². The quantitative estimate of drug-likeness (QED) is 0.697. The van der Waals surface area contributed by atoms with Crippen molar-refractivity contribution in [1.82, 2.24) is 20.0 Å². The van der Waals surface area contributed by atoms with Crippen LogP contribution in [0.25, 0.3) is 0 Å². The number of benzene rings is 1. The third kappa shape index (κ3) is 7.67. The number of nitrogens with zero attached hydrogens (tertiary/aromatic N) is 3. The van der Waals surface area contributed by atoms with Crippen molar-refractivity contribution < 1.29 is 27.9 Å². The zero-order chi connectivity index (χ0) is 23.9. The van der Waals surface area contributed by atoms with Crippen molar-refractivity contribution in [3.63, 3.8) is 0 Å². The van der Waals surface area contributed by atoms with Crippen LogP contribution in [0, 0.1) is 12.8 Å². The fourth-order valence-corrected chi connectivity index (χ4v) is 3.32. The fraction of sp³-hybridized carbons (Fsp3) is 0.500. The molecule has 2 heterocycles. The summed E-state index contributed by atoms with van der Waals surface area (Å²) in [6.07, 6.45) is -2.30. The number of aliphatic carboxylic acids is 1. The molecule has 10 heteroatoms. The summed E-state index contributed by atoms with van der Waals surface area (Å²) in [5.41, 5.74) is 3.88. The monoisotopic (exact) mass is 454 g/mol. The Kier molecular flexibility index (Phi) is 8.82. The van der Waals surface area contributed by atoms with Gasteiger partial charge in [0.25, 0.3) is 0 Å². The lowest BCUT2D eigenvalue weighted by Gasteiger charge is -2.34. The lowest BCUT2D eigenvalue weighted by Crippen LogP contribution is -2.39. The summed E-state index contributed by atoms with van der Waals surface area (Å²) < 4.78 is 33.9. The minimum atomic E-state index is -5.08. The van der Waals surface area contributed by atoms with Crippen LogP contribution < -0.4 is 5.32 Å². The van der Waals surface area contributed by atoms with Gasteiger partial charge < -0.3 is 10.4 Å². The van der Waals surface area contributed by atoms with Crippen LogP contribution in [0.15, 0.2) is 36.5 Å². The van der Waals surface area contributed by atoms with Crippen molar-refractivity contribution in [3.8, 4) is 0 Å². The smallest absolute Gasteiger partial charge is 0.475 e. The third-order valence-corrected chi connectivity index (χ3v) is 5.02. The number of aryl methyl sites for hydroxylation is 1. The minimum Gasteiger partial charge on any atom is -0.475 e. The molecule has 1 atom stereocenters. The first-order chi connectivity index (χ1) is 15.0. The number of halogens is 3. The van der Waals surface area contributed by atoms with Crippen molar-refractivity contribution >= 4 is 11.9 Å². The van der Waals surface area contributed by atoms with Gasteiger partial charge in [-0.15, -0.1) is 0 Å². The lowest BCUT2D eigenvalue weighted by molar-refractivity contribution is -0.192. The first-order valence-electron chi connectivity index (χ1n) is 10.4. The van der Waals surface area contributed by atoms with Gasteiger partial charge >= 0.3 is 12.1 Å². The largest absolute Gasteiger partial charge is 0.490 e. The maximum atomic E-state index is 11.8.